The molecular formula is C14H21N3OS. The van der Waals surface area contributed by atoms with E-state index in [4.69, 9.17) is 0 Å². The zero-order valence-electron chi connectivity index (χ0n) is 11.2. The van der Waals surface area contributed by atoms with Crippen LogP contribution in [0.3, 0.4) is 0 Å². The van der Waals surface area contributed by atoms with Crippen LogP contribution in [-0.2, 0) is 11.3 Å². The number of carbonyl (C=O) groups is 1. The number of hydrogen-bond acceptors (Lipinski definition) is 4. The molecule has 0 saturated carbocycles. The lowest BCUT2D eigenvalue weighted by molar-refractivity contribution is -0.136. The topological polar surface area (TPSA) is 35.6 Å². The smallest absolute Gasteiger partial charge is 0.227 e. The molecule has 0 aromatic carbocycles. The van der Waals surface area contributed by atoms with Crippen molar-refractivity contribution >= 4 is 17.2 Å². The third-order valence-corrected chi connectivity index (χ3v) is 4.91. The Balaban J connectivity index is 1.47. The molecule has 3 heterocycles. The molecule has 1 N–H and O–H groups in total. The van der Waals surface area contributed by atoms with Crippen molar-refractivity contribution in [1.82, 2.24) is 15.1 Å². The van der Waals surface area contributed by atoms with Gasteiger partial charge in [-0.3, -0.25) is 9.69 Å². The van der Waals surface area contributed by atoms with Gasteiger partial charge in [-0.1, -0.05) is 6.07 Å². The van der Waals surface area contributed by atoms with Crippen LogP contribution in [0, 0.1) is 5.92 Å². The third kappa shape index (κ3) is 3.16. The number of amides is 1. The van der Waals surface area contributed by atoms with Gasteiger partial charge in [-0.25, -0.2) is 0 Å². The Morgan fingerprint density at radius 1 is 1.37 bits per heavy atom. The molecule has 0 aliphatic carbocycles. The van der Waals surface area contributed by atoms with Gasteiger partial charge in [-0.05, 0) is 24.4 Å². The summed E-state index contributed by atoms with van der Waals surface area (Å²) in [5, 5.41) is 5.40. The molecule has 2 aliphatic heterocycles. The molecule has 1 amide bonds. The van der Waals surface area contributed by atoms with E-state index in [1.807, 2.05) is 11.3 Å². The first-order valence-corrected chi connectivity index (χ1v) is 7.95. The van der Waals surface area contributed by atoms with E-state index in [-0.39, 0.29) is 5.92 Å². The summed E-state index contributed by atoms with van der Waals surface area (Å²) in [6.45, 7) is 6.68. The number of carbonyl (C=O) groups excluding carboxylic acids is 1. The molecule has 1 aromatic heterocycles. The number of thiophene rings is 1. The summed E-state index contributed by atoms with van der Waals surface area (Å²) in [7, 11) is 0. The Kier molecular flexibility index (Phi) is 4.15. The fourth-order valence-electron chi connectivity index (χ4n) is 2.87. The molecule has 104 valence electrons. The van der Waals surface area contributed by atoms with Crippen molar-refractivity contribution in [2.45, 2.75) is 13.0 Å². The Hall–Kier alpha value is -0.910. The van der Waals surface area contributed by atoms with Crippen molar-refractivity contribution < 1.29 is 4.79 Å². The normalized spacial score (nSPS) is 24.8. The van der Waals surface area contributed by atoms with Crippen molar-refractivity contribution in [3.63, 3.8) is 0 Å². The van der Waals surface area contributed by atoms with Crippen LogP contribution in [0.1, 0.15) is 11.3 Å². The van der Waals surface area contributed by atoms with Gasteiger partial charge in [-0.2, -0.15) is 0 Å². The molecule has 0 bridgehead atoms. The maximum atomic E-state index is 12.3. The van der Waals surface area contributed by atoms with Gasteiger partial charge < -0.3 is 10.2 Å². The van der Waals surface area contributed by atoms with Crippen LogP contribution < -0.4 is 5.32 Å². The van der Waals surface area contributed by atoms with E-state index in [0.29, 0.717) is 5.91 Å². The van der Waals surface area contributed by atoms with Gasteiger partial charge >= 0.3 is 0 Å². The Morgan fingerprint density at radius 2 is 2.21 bits per heavy atom. The summed E-state index contributed by atoms with van der Waals surface area (Å²) in [5.41, 5.74) is 0. The molecule has 0 spiro atoms. The minimum Gasteiger partial charge on any atom is -0.340 e. The lowest BCUT2D eigenvalue weighted by atomic mass is 10.1. The molecule has 4 nitrogen and oxygen atoms in total. The van der Waals surface area contributed by atoms with Gasteiger partial charge in [0.15, 0.2) is 0 Å². The number of nitrogens with zero attached hydrogens (tertiary/aromatic N) is 2. The van der Waals surface area contributed by atoms with Crippen LogP contribution in [-0.4, -0.2) is 55.0 Å². The van der Waals surface area contributed by atoms with Crippen molar-refractivity contribution in [3.05, 3.63) is 22.4 Å². The van der Waals surface area contributed by atoms with Crippen molar-refractivity contribution in [3.8, 4) is 0 Å². The highest BCUT2D eigenvalue weighted by molar-refractivity contribution is 7.09. The fraction of sp³-hybridized carbons (Fsp3) is 0.643. The first kappa shape index (κ1) is 13.1. The van der Waals surface area contributed by atoms with Gasteiger partial charge in [0.25, 0.3) is 0 Å². The van der Waals surface area contributed by atoms with Crippen LogP contribution in [0.15, 0.2) is 17.5 Å². The van der Waals surface area contributed by atoms with Gasteiger partial charge in [0.2, 0.25) is 5.91 Å². The molecule has 2 aliphatic rings. The maximum Gasteiger partial charge on any atom is 0.227 e. The van der Waals surface area contributed by atoms with Crippen LogP contribution >= 0.6 is 11.3 Å². The van der Waals surface area contributed by atoms with Gasteiger partial charge in [0, 0.05) is 44.1 Å². The lowest BCUT2D eigenvalue weighted by Gasteiger charge is -2.35. The maximum absolute atomic E-state index is 12.3. The monoisotopic (exact) mass is 279 g/mol. The zero-order chi connectivity index (χ0) is 13.1. The zero-order valence-corrected chi connectivity index (χ0v) is 12.0. The van der Waals surface area contributed by atoms with Crippen LogP contribution in [0.5, 0.6) is 0 Å². The second-order valence-electron chi connectivity index (χ2n) is 5.37. The van der Waals surface area contributed by atoms with Crippen LogP contribution in [0.4, 0.5) is 0 Å². The van der Waals surface area contributed by atoms with E-state index in [1.165, 1.54) is 4.88 Å². The minimum atomic E-state index is 0.226. The summed E-state index contributed by atoms with van der Waals surface area (Å²) < 4.78 is 0. The van der Waals surface area contributed by atoms with Crippen molar-refractivity contribution in [2.24, 2.45) is 5.92 Å². The summed E-state index contributed by atoms with van der Waals surface area (Å²) in [4.78, 5) is 18.2. The summed E-state index contributed by atoms with van der Waals surface area (Å²) in [5.74, 6) is 0.588. The van der Waals surface area contributed by atoms with Crippen LogP contribution in [0.2, 0.25) is 0 Å². The number of rotatable bonds is 3. The van der Waals surface area contributed by atoms with E-state index >= 15 is 0 Å². The first-order valence-electron chi connectivity index (χ1n) is 7.07. The second kappa shape index (κ2) is 6.03. The molecule has 0 radical (unpaired) electrons. The SMILES string of the molecule is O=C(C1CCNC1)N1CCN(Cc2cccs2)CC1. The molecular weight excluding hydrogens is 258 g/mol. The Labute approximate surface area is 118 Å². The molecule has 2 fully saturated rings. The first-order chi connectivity index (χ1) is 9.33. The third-order valence-electron chi connectivity index (χ3n) is 4.05. The molecule has 2 saturated heterocycles. The Morgan fingerprint density at radius 3 is 2.84 bits per heavy atom. The van der Waals surface area contributed by atoms with Crippen molar-refractivity contribution in [2.75, 3.05) is 39.3 Å². The van der Waals surface area contributed by atoms with Gasteiger partial charge in [-0.15, -0.1) is 11.3 Å². The highest BCUT2D eigenvalue weighted by atomic mass is 32.1. The minimum absolute atomic E-state index is 0.226. The summed E-state index contributed by atoms with van der Waals surface area (Å²) >= 11 is 1.81. The van der Waals surface area contributed by atoms with E-state index in [0.717, 1.165) is 52.2 Å². The molecule has 19 heavy (non-hydrogen) atoms. The van der Waals surface area contributed by atoms with E-state index in [1.54, 1.807) is 0 Å². The Bertz CT molecular complexity index is 406. The van der Waals surface area contributed by atoms with Crippen LogP contribution in [0.25, 0.3) is 0 Å². The number of piperazine rings is 1. The highest BCUT2D eigenvalue weighted by Crippen LogP contribution is 2.16. The molecule has 5 heteroatoms. The summed E-state index contributed by atoms with van der Waals surface area (Å²) in [6.07, 6.45) is 1.01. The fourth-order valence-corrected chi connectivity index (χ4v) is 3.62. The number of hydrogen-bond donors (Lipinski definition) is 1. The lowest BCUT2D eigenvalue weighted by Crippen LogP contribution is -2.50. The number of nitrogens with one attached hydrogen (secondary N) is 1. The molecule has 1 aromatic rings. The van der Waals surface area contributed by atoms with Gasteiger partial charge in [0.05, 0.1) is 5.92 Å². The second-order valence-corrected chi connectivity index (χ2v) is 6.40. The molecule has 1 unspecified atom stereocenters. The largest absolute Gasteiger partial charge is 0.340 e. The quantitative estimate of drug-likeness (QED) is 0.897. The molecule has 3 rings (SSSR count). The predicted molar refractivity (Wildman–Crippen MR) is 77.2 cm³/mol. The standard InChI is InChI=1S/C14H21N3OS/c18-14(12-3-4-15-10-12)17-7-5-16(6-8-17)11-13-2-1-9-19-13/h1-2,9,12,15H,3-8,10-11H2. The average molecular weight is 279 g/mol. The summed E-state index contributed by atoms with van der Waals surface area (Å²) in [6, 6.07) is 4.29. The highest BCUT2D eigenvalue weighted by Gasteiger charge is 2.29. The average Bonchev–Trinajstić information content (AvgIpc) is 3.12. The van der Waals surface area contributed by atoms with E-state index in [9.17, 15) is 4.79 Å². The molecule has 1 atom stereocenters. The predicted octanol–water partition coefficient (Wildman–Crippen LogP) is 1.00. The van der Waals surface area contributed by atoms with E-state index in [2.05, 4.69) is 32.6 Å². The van der Waals surface area contributed by atoms with Crippen molar-refractivity contribution in [1.29, 1.82) is 0 Å². The van der Waals surface area contributed by atoms with Gasteiger partial charge in [0.1, 0.15) is 0 Å². The van der Waals surface area contributed by atoms with E-state index < -0.39 is 0 Å².